The van der Waals surface area contributed by atoms with Crippen molar-refractivity contribution in [3.63, 3.8) is 0 Å². The van der Waals surface area contributed by atoms with Crippen molar-refractivity contribution in [1.82, 2.24) is 4.57 Å². The molecule has 6 nitrogen and oxygen atoms in total. The topological polar surface area (TPSA) is 71.7 Å². The first-order chi connectivity index (χ1) is 14.5. The SMILES string of the molecule is CSCCn1c(=NC(=O)c2ccc(N3C(=O)CCC3=O)cc2)sc2cc(F)ccc21. The third-order valence-electron chi connectivity index (χ3n) is 4.78. The van der Waals surface area contributed by atoms with E-state index in [9.17, 15) is 18.8 Å². The number of halogens is 1. The summed E-state index contributed by atoms with van der Waals surface area (Å²) in [6, 6.07) is 10.8. The fraction of sp³-hybridized carbons (Fsp3) is 0.238. The van der Waals surface area contributed by atoms with E-state index in [-0.39, 0.29) is 30.5 Å². The smallest absolute Gasteiger partial charge is 0.279 e. The van der Waals surface area contributed by atoms with Crippen molar-refractivity contribution >= 4 is 56.7 Å². The zero-order valence-electron chi connectivity index (χ0n) is 16.1. The lowest BCUT2D eigenvalue weighted by molar-refractivity contribution is -0.121. The van der Waals surface area contributed by atoms with E-state index in [1.54, 1.807) is 42.1 Å². The minimum Gasteiger partial charge on any atom is -0.316 e. The van der Waals surface area contributed by atoms with Crippen LogP contribution in [0.4, 0.5) is 10.1 Å². The highest BCUT2D eigenvalue weighted by atomic mass is 32.2. The second-order valence-electron chi connectivity index (χ2n) is 6.73. The van der Waals surface area contributed by atoms with Gasteiger partial charge in [-0.25, -0.2) is 4.39 Å². The molecule has 0 unspecified atom stereocenters. The number of aromatic nitrogens is 1. The first-order valence-corrected chi connectivity index (χ1v) is 11.5. The molecule has 1 aromatic heterocycles. The number of hydrogen-bond acceptors (Lipinski definition) is 5. The Morgan fingerprint density at radius 2 is 1.83 bits per heavy atom. The molecule has 0 radical (unpaired) electrons. The number of anilines is 1. The second-order valence-corrected chi connectivity index (χ2v) is 8.72. The fourth-order valence-electron chi connectivity index (χ4n) is 3.30. The normalized spacial score (nSPS) is 14.9. The molecule has 30 heavy (non-hydrogen) atoms. The van der Waals surface area contributed by atoms with Gasteiger partial charge in [-0.2, -0.15) is 16.8 Å². The number of hydrogen-bond donors (Lipinski definition) is 0. The summed E-state index contributed by atoms with van der Waals surface area (Å²) in [5, 5.41) is 0. The van der Waals surface area contributed by atoms with Gasteiger partial charge in [-0.05, 0) is 48.7 Å². The molecule has 0 atom stereocenters. The Morgan fingerprint density at radius 1 is 1.13 bits per heavy atom. The number of carbonyl (C=O) groups excluding carboxylic acids is 3. The van der Waals surface area contributed by atoms with Gasteiger partial charge in [-0.3, -0.25) is 19.3 Å². The molecule has 1 fully saturated rings. The summed E-state index contributed by atoms with van der Waals surface area (Å²) in [4.78, 5) is 42.4. The molecule has 1 aliphatic rings. The highest BCUT2D eigenvalue weighted by molar-refractivity contribution is 7.98. The first-order valence-electron chi connectivity index (χ1n) is 9.30. The third kappa shape index (κ3) is 3.95. The van der Waals surface area contributed by atoms with E-state index in [2.05, 4.69) is 4.99 Å². The predicted molar refractivity (Wildman–Crippen MR) is 116 cm³/mol. The molecule has 2 aromatic carbocycles. The lowest BCUT2D eigenvalue weighted by Gasteiger charge is -2.13. The lowest BCUT2D eigenvalue weighted by atomic mass is 10.2. The molecule has 4 rings (SSSR count). The summed E-state index contributed by atoms with van der Waals surface area (Å²) in [7, 11) is 0. The van der Waals surface area contributed by atoms with Gasteiger partial charge in [-0.15, -0.1) is 0 Å². The van der Waals surface area contributed by atoms with Crippen molar-refractivity contribution in [2.45, 2.75) is 19.4 Å². The number of benzene rings is 2. The van der Waals surface area contributed by atoms with Gasteiger partial charge in [0, 0.05) is 30.7 Å². The maximum absolute atomic E-state index is 13.6. The van der Waals surface area contributed by atoms with Crippen LogP contribution in [0.5, 0.6) is 0 Å². The van der Waals surface area contributed by atoms with Crippen LogP contribution in [0.3, 0.4) is 0 Å². The number of imide groups is 1. The summed E-state index contributed by atoms with van der Waals surface area (Å²) < 4.78 is 16.3. The van der Waals surface area contributed by atoms with Crippen molar-refractivity contribution < 1.29 is 18.8 Å². The van der Waals surface area contributed by atoms with Gasteiger partial charge in [0.25, 0.3) is 5.91 Å². The van der Waals surface area contributed by atoms with Crippen molar-refractivity contribution in [2.75, 3.05) is 16.9 Å². The molecule has 1 aliphatic heterocycles. The molecule has 2 heterocycles. The number of thioether (sulfide) groups is 1. The number of aryl methyl sites for hydroxylation is 1. The zero-order chi connectivity index (χ0) is 21.3. The predicted octanol–water partition coefficient (Wildman–Crippen LogP) is 3.60. The van der Waals surface area contributed by atoms with Gasteiger partial charge in [0.15, 0.2) is 4.80 Å². The van der Waals surface area contributed by atoms with Crippen molar-refractivity contribution in [2.24, 2.45) is 4.99 Å². The molecular weight excluding hydrogens is 425 g/mol. The van der Waals surface area contributed by atoms with Crippen molar-refractivity contribution in [1.29, 1.82) is 0 Å². The van der Waals surface area contributed by atoms with E-state index in [1.807, 2.05) is 10.8 Å². The Labute approximate surface area is 180 Å². The summed E-state index contributed by atoms with van der Waals surface area (Å²) in [6.07, 6.45) is 2.41. The molecule has 0 saturated carbocycles. The molecule has 3 amide bonds. The maximum Gasteiger partial charge on any atom is 0.279 e. The molecular formula is C21H18FN3O3S2. The van der Waals surface area contributed by atoms with E-state index in [0.29, 0.717) is 22.6 Å². The highest BCUT2D eigenvalue weighted by Crippen LogP contribution is 2.23. The van der Waals surface area contributed by atoms with Crippen LogP contribution >= 0.6 is 23.1 Å². The van der Waals surface area contributed by atoms with Gasteiger partial charge >= 0.3 is 0 Å². The molecule has 154 valence electrons. The third-order valence-corrected chi connectivity index (χ3v) is 6.42. The van der Waals surface area contributed by atoms with Crippen LogP contribution in [-0.4, -0.2) is 34.3 Å². The Balaban J connectivity index is 1.67. The van der Waals surface area contributed by atoms with Crippen LogP contribution in [-0.2, 0) is 16.1 Å². The summed E-state index contributed by atoms with van der Waals surface area (Å²) in [6.45, 7) is 0.650. The van der Waals surface area contributed by atoms with Crippen molar-refractivity contribution in [3.05, 3.63) is 58.6 Å². The van der Waals surface area contributed by atoms with Crippen LogP contribution in [0, 0.1) is 5.82 Å². The fourth-order valence-corrected chi connectivity index (χ4v) is 4.74. The van der Waals surface area contributed by atoms with Crippen LogP contribution in [0.25, 0.3) is 10.2 Å². The standard InChI is InChI=1S/C21H18FN3O3S2/c1-29-11-10-24-16-7-4-14(22)12-17(16)30-21(24)23-20(28)13-2-5-15(6-3-13)25-18(26)8-9-19(25)27/h2-7,12H,8-11H2,1H3. The molecule has 3 aromatic rings. The lowest BCUT2D eigenvalue weighted by Crippen LogP contribution is -2.28. The van der Waals surface area contributed by atoms with Gasteiger partial charge in [0.2, 0.25) is 11.8 Å². The van der Waals surface area contributed by atoms with E-state index in [1.165, 1.54) is 23.5 Å². The molecule has 0 aliphatic carbocycles. The van der Waals surface area contributed by atoms with Crippen LogP contribution in [0.15, 0.2) is 47.5 Å². The molecule has 9 heteroatoms. The van der Waals surface area contributed by atoms with E-state index < -0.39 is 5.91 Å². The quantitative estimate of drug-likeness (QED) is 0.565. The summed E-state index contributed by atoms with van der Waals surface area (Å²) in [5.41, 5.74) is 1.63. The number of rotatable bonds is 5. The summed E-state index contributed by atoms with van der Waals surface area (Å²) >= 11 is 2.94. The second kappa shape index (κ2) is 8.53. The molecule has 0 spiro atoms. The minimum atomic E-state index is -0.439. The van der Waals surface area contributed by atoms with E-state index in [0.717, 1.165) is 20.9 Å². The molecule has 0 bridgehead atoms. The van der Waals surface area contributed by atoms with Gasteiger partial charge < -0.3 is 4.57 Å². The Kier molecular flexibility index (Phi) is 5.83. The largest absolute Gasteiger partial charge is 0.316 e. The number of nitrogens with zero attached hydrogens (tertiary/aromatic N) is 3. The number of carbonyl (C=O) groups is 3. The van der Waals surface area contributed by atoms with Gasteiger partial charge in [0.05, 0.1) is 15.9 Å². The Morgan fingerprint density at radius 3 is 2.50 bits per heavy atom. The zero-order valence-corrected chi connectivity index (χ0v) is 17.8. The van der Waals surface area contributed by atoms with Crippen molar-refractivity contribution in [3.8, 4) is 0 Å². The summed E-state index contributed by atoms with van der Waals surface area (Å²) in [5.74, 6) is -0.421. The van der Waals surface area contributed by atoms with E-state index in [4.69, 9.17) is 0 Å². The average Bonchev–Trinajstić information content (AvgIpc) is 3.24. The monoisotopic (exact) mass is 443 g/mol. The Bertz CT molecular complexity index is 1200. The average molecular weight is 444 g/mol. The number of thiazole rings is 1. The maximum atomic E-state index is 13.6. The molecule has 1 saturated heterocycles. The highest BCUT2D eigenvalue weighted by Gasteiger charge is 2.30. The van der Waals surface area contributed by atoms with Crippen LogP contribution in [0.2, 0.25) is 0 Å². The number of fused-ring (bicyclic) bond motifs is 1. The van der Waals surface area contributed by atoms with E-state index >= 15 is 0 Å². The first kappa shape index (κ1) is 20.5. The minimum absolute atomic E-state index is 0.206. The Hall–Kier alpha value is -2.78. The molecule has 0 N–H and O–H groups in total. The van der Waals surface area contributed by atoms with Crippen LogP contribution < -0.4 is 9.70 Å². The number of amides is 3. The van der Waals surface area contributed by atoms with Crippen LogP contribution in [0.1, 0.15) is 23.2 Å². The van der Waals surface area contributed by atoms with Gasteiger partial charge in [-0.1, -0.05) is 11.3 Å². The van der Waals surface area contributed by atoms with Gasteiger partial charge in [0.1, 0.15) is 5.82 Å².